The maximum Gasteiger partial charge on any atom is 0.235 e. The van der Waals surface area contributed by atoms with Crippen LogP contribution in [0.25, 0.3) is 0 Å². The third kappa shape index (κ3) is 3.16. The van der Waals surface area contributed by atoms with Crippen LogP contribution in [0.1, 0.15) is 44.9 Å². The molecule has 8 nitrogen and oxygen atoms in total. The quantitative estimate of drug-likeness (QED) is 0.561. The molecule has 0 aromatic heterocycles. The molecule has 8 heteroatoms. The van der Waals surface area contributed by atoms with Gasteiger partial charge in [0.25, 0.3) is 0 Å². The monoisotopic (exact) mass is 316 g/mol. The number of rotatable bonds is 5. The van der Waals surface area contributed by atoms with Crippen LogP contribution in [-0.4, -0.2) is 47.5 Å². The van der Waals surface area contributed by atoms with Crippen LogP contribution in [0, 0.1) is 0 Å². The van der Waals surface area contributed by atoms with Crippen LogP contribution < -0.4 is 0 Å². The molecule has 0 amide bonds. The molecule has 0 aromatic carbocycles. The van der Waals surface area contributed by atoms with Crippen LogP contribution in [0.15, 0.2) is 20.0 Å². The Hall–Kier alpha value is -2.48. The summed E-state index contributed by atoms with van der Waals surface area (Å²) in [6, 6.07) is -0.459. The van der Waals surface area contributed by atoms with Crippen molar-refractivity contribution in [2.24, 2.45) is 20.0 Å². The SMILES string of the molecule is O=C=NC1CCC(N=C=O)(C2(N=C=O)CCC(N=C=O)C2)CC1. The summed E-state index contributed by atoms with van der Waals surface area (Å²) in [4.78, 5) is 58.3. The molecule has 0 heterocycles. The van der Waals surface area contributed by atoms with Gasteiger partial charge in [0, 0.05) is 0 Å². The van der Waals surface area contributed by atoms with E-state index in [1.807, 2.05) is 0 Å². The van der Waals surface area contributed by atoms with Crippen molar-refractivity contribution >= 4 is 24.3 Å². The van der Waals surface area contributed by atoms with Crippen LogP contribution in [0.3, 0.4) is 0 Å². The molecular formula is C15H16N4O4. The molecule has 23 heavy (non-hydrogen) atoms. The minimum absolute atomic E-state index is 0.162. The predicted octanol–water partition coefficient (Wildman–Crippen LogP) is 1.30. The maximum atomic E-state index is 11.0. The normalized spacial score (nSPS) is 35.8. The zero-order valence-electron chi connectivity index (χ0n) is 12.5. The lowest BCUT2D eigenvalue weighted by Gasteiger charge is -2.44. The van der Waals surface area contributed by atoms with Gasteiger partial charge in [0.05, 0.1) is 17.6 Å². The lowest BCUT2D eigenvalue weighted by atomic mass is 9.66. The summed E-state index contributed by atoms with van der Waals surface area (Å²) in [5, 5.41) is 0. The molecule has 120 valence electrons. The first-order valence-electron chi connectivity index (χ1n) is 7.47. The second-order valence-corrected chi connectivity index (χ2v) is 6.04. The molecule has 2 unspecified atom stereocenters. The average Bonchev–Trinajstić information content (AvgIpc) is 2.95. The van der Waals surface area contributed by atoms with Crippen molar-refractivity contribution in [3.63, 3.8) is 0 Å². The standard InChI is InChI=1S/C15H16N4O4/c20-8-16-12-1-4-14(5-2-12,18-10-22)15(19-11-23)6-3-13(7-15)17-9-21/h12-13H,1-7H2. The summed E-state index contributed by atoms with van der Waals surface area (Å²) in [6.07, 6.45) is 9.61. The zero-order chi connectivity index (χ0) is 16.8. The van der Waals surface area contributed by atoms with E-state index in [1.54, 1.807) is 18.2 Å². The Kier molecular flexibility index (Phi) is 5.28. The fourth-order valence-corrected chi connectivity index (χ4v) is 3.95. The van der Waals surface area contributed by atoms with Crippen molar-refractivity contribution in [3.8, 4) is 0 Å². The van der Waals surface area contributed by atoms with Crippen molar-refractivity contribution in [1.82, 2.24) is 0 Å². The Balaban J connectivity index is 2.37. The van der Waals surface area contributed by atoms with Crippen LogP contribution in [0.5, 0.6) is 0 Å². The second-order valence-electron chi connectivity index (χ2n) is 6.04. The molecule has 0 aliphatic heterocycles. The fraction of sp³-hybridized carbons (Fsp3) is 0.733. The van der Waals surface area contributed by atoms with Crippen molar-refractivity contribution in [3.05, 3.63) is 0 Å². The Labute approximate surface area is 132 Å². The molecule has 0 aromatic rings. The van der Waals surface area contributed by atoms with Crippen LogP contribution in [0.4, 0.5) is 0 Å². The highest BCUT2D eigenvalue weighted by molar-refractivity contribution is 5.42. The number of nitrogens with zero attached hydrogens (tertiary/aromatic N) is 4. The summed E-state index contributed by atoms with van der Waals surface area (Å²) >= 11 is 0. The average molecular weight is 316 g/mol. The summed E-state index contributed by atoms with van der Waals surface area (Å²) in [5.41, 5.74) is -1.82. The Morgan fingerprint density at radius 3 is 1.70 bits per heavy atom. The molecule has 2 saturated carbocycles. The molecule has 0 radical (unpaired) electrons. The van der Waals surface area contributed by atoms with Gasteiger partial charge in [-0.25, -0.2) is 29.2 Å². The van der Waals surface area contributed by atoms with Gasteiger partial charge in [0.2, 0.25) is 24.3 Å². The summed E-state index contributed by atoms with van der Waals surface area (Å²) < 4.78 is 0. The zero-order valence-corrected chi connectivity index (χ0v) is 12.5. The number of isocyanates is 4. The molecule has 2 aliphatic rings. The first kappa shape index (κ1) is 16.9. The smallest absolute Gasteiger partial charge is 0.211 e. The molecular weight excluding hydrogens is 300 g/mol. The van der Waals surface area contributed by atoms with Gasteiger partial charge in [-0.05, 0) is 44.9 Å². The highest BCUT2D eigenvalue weighted by atomic mass is 16.1. The second kappa shape index (κ2) is 7.19. The van der Waals surface area contributed by atoms with Crippen LogP contribution in [-0.2, 0) is 19.2 Å². The van der Waals surface area contributed by atoms with E-state index in [0.29, 0.717) is 44.9 Å². The van der Waals surface area contributed by atoms with Crippen molar-refractivity contribution in [2.75, 3.05) is 0 Å². The van der Waals surface area contributed by atoms with Gasteiger partial charge in [0.15, 0.2) is 0 Å². The Bertz CT molecular complexity index is 644. The van der Waals surface area contributed by atoms with Gasteiger partial charge in [-0.1, -0.05) is 0 Å². The van der Waals surface area contributed by atoms with Gasteiger partial charge >= 0.3 is 0 Å². The summed E-state index contributed by atoms with van der Waals surface area (Å²) in [5.74, 6) is 0. The lowest BCUT2D eigenvalue weighted by molar-refractivity contribution is 0.156. The number of carbonyl (C=O) groups excluding carboxylic acids is 4. The van der Waals surface area contributed by atoms with E-state index in [0.717, 1.165) is 0 Å². The molecule has 0 spiro atoms. The predicted molar refractivity (Wildman–Crippen MR) is 77.8 cm³/mol. The third-order valence-corrected chi connectivity index (χ3v) is 5.10. The maximum absolute atomic E-state index is 11.0. The molecule has 2 atom stereocenters. The topological polar surface area (TPSA) is 118 Å². The number of hydrogen-bond donors (Lipinski definition) is 0. The third-order valence-electron chi connectivity index (χ3n) is 5.10. The van der Waals surface area contributed by atoms with Crippen LogP contribution >= 0.6 is 0 Å². The fourth-order valence-electron chi connectivity index (χ4n) is 3.95. The van der Waals surface area contributed by atoms with Crippen molar-refractivity contribution in [1.29, 1.82) is 0 Å². The van der Waals surface area contributed by atoms with Gasteiger partial charge in [-0.3, -0.25) is 0 Å². The van der Waals surface area contributed by atoms with E-state index in [1.165, 1.54) is 6.08 Å². The lowest BCUT2D eigenvalue weighted by Crippen LogP contribution is -2.52. The molecule has 2 aliphatic carbocycles. The summed E-state index contributed by atoms with van der Waals surface area (Å²) in [6.45, 7) is 0. The van der Waals surface area contributed by atoms with Crippen molar-refractivity contribution in [2.45, 2.75) is 68.1 Å². The minimum Gasteiger partial charge on any atom is -0.211 e. The van der Waals surface area contributed by atoms with Gasteiger partial charge in [-0.2, -0.15) is 9.98 Å². The van der Waals surface area contributed by atoms with Gasteiger partial charge in [-0.15, -0.1) is 0 Å². The first-order valence-corrected chi connectivity index (χ1v) is 7.47. The molecule has 0 bridgehead atoms. The highest BCUT2D eigenvalue weighted by Crippen LogP contribution is 2.51. The Morgan fingerprint density at radius 1 is 0.652 bits per heavy atom. The van der Waals surface area contributed by atoms with E-state index >= 15 is 0 Å². The van der Waals surface area contributed by atoms with E-state index in [2.05, 4.69) is 20.0 Å². The largest absolute Gasteiger partial charge is 0.235 e. The van der Waals surface area contributed by atoms with Crippen LogP contribution in [0.2, 0.25) is 0 Å². The molecule has 0 saturated heterocycles. The molecule has 2 rings (SSSR count). The Morgan fingerprint density at radius 2 is 1.13 bits per heavy atom. The number of aliphatic imine (C=N–C) groups is 4. The number of hydrogen-bond acceptors (Lipinski definition) is 8. The minimum atomic E-state index is -0.924. The van der Waals surface area contributed by atoms with E-state index in [9.17, 15) is 19.2 Å². The van der Waals surface area contributed by atoms with Gasteiger partial charge < -0.3 is 0 Å². The molecule has 2 fully saturated rings. The summed E-state index contributed by atoms with van der Waals surface area (Å²) in [7, 11) is 0. The van der Waals surface area contributed by atoms with E-state index < -0.39 is 11.1 Å². The van der Waals surface area contributed by atoms with Crippen molar-refractivity contribution < 1.29 is 19.2 Å². The van der Waals surface area contributed by atoms with Gasteiger partial charge in [0.1, 0.15) is 5.54 Å². The van der Waals surface area contributed by atoms with E-state index in [-0.39, 0.29) is 12.1 Å². The molecule has 0 N–H and O–H groups in total. The van der Waals surface area contributed by atoms with E-state index in [4.69, 9.17) is 0 Å². The first-order chi connectivity index (χ1) is 11.1. The highest BCUT2D eigenvalue weighted by Gasteiger charge is 2.57.